The minimum absolute atomic E-state index is 0.125. The van der Waals surface area contributed by atoms with Gasteiger partial charge in [0.1, 0.15) is 0 Å². The van der Waals surface area contributed by atoms with Crippen molar-refractivity contribution in [3.05, 3.63) is 36.2 Å². The van der Waals surface area contributed by atoms with Crippen LogP contribution >= 0.6 is 0 Å². The van der Waals surface area contributed by atoms with Crippen LogP contribution in [-0.2, 0) is 0 Å². The van der Waals surface area contributed by atoms with Crippen molar-refractivity contribution < 1.29 is 0 Å². The van der Waals surface area contributed by atoms with Gasteiger partial charge in [-0.05, 0) is 24.5 Å². The molecule has 4 nitrogen and oxygen atoms in total. The Labute approximate surface area is 100 Å². The number of hydrazine groups is 1. The summed E-state index contributed by atoms with van der Waals surface area (Å²) in [6.45, 7) is 0. The molecule has 4 heteroatoms. The van der Waals surface area contributed by atoms with Crippen LogP contribution < -0.4 is 11.3 Å². The highest BCUT2D eigenvalue weighted by atomic mass is 15.2. The van der Waals surface area contributed by atoms with Gasteiger partial charge in [-0.15, -0.1) is 0 Å². The summed E-state index contributed by atoms with van der Waals surface area (Å²) in [5.74, 6) is 6.42. The van der Waals surface area contributed by atoms with Crippen molar-refractivity contribution in [2.75, 3.05) is 0 Å². The van der Waals surface area contributed by atoms with E-state index in [-0.39, 0.29) is 6.04 Å². The second-order valence-electron chi connectivity index (χ2n) is 4.68. The normalized spacial score (nSPS) is 17.2. The molecule has 1 fully saturated rings. The number of rotatable bonds is 4. The molecule has 1 unspecified atom stereocenters. The molecule has 0 aliphatic heterocycles. The zero-order chi connectivity index (χ0) is 11.7. The van der Waals surface area contributed by atoms with E-state index in [1.54, 1.807) is 0 Å². The van der Waals surface area contributed by atoms with Crippen LogP contribution in [0, 0.1) is 5.92 Å². The van der Waals surface area contributed by atoms with Crippen LogP contribution in [0.1, 0.15) is 31.0 Å². The van der Waals surface area contributed by atoms with Gasteiger partial charge < -0.3 is 0 Å². The number of nitrogens with one attached hydrogen (secondary N) is 1. The van der Waals surface area contributed by atoms with E-state index in [0.29, 0.717) is 0 Å². The van der Waals surface area contributed by atoms with Gasteiger partial charge in [-0.2, -0.15) is 0 Å². The van der Waals surface area contributed by atoms with Gasteiger partial charge in [-0.25, -0.2) is 4.98 Å². The molecule has 0 amide bonds. The quantitative estimate of drug-likeness (QED) is 0.620. The van der Waals surface area contributed by atoms with Gasteiger partial charge >= 0.3 is 0 Å². The second kappa shape index (κ2) is 4.39. The lowest BCUT2D eigenvalue weighted by Crippen LogP contribution is -2.29. The molecule has 1 heterocycles. The van der Waals surface area contributed by atoms with Crippen LogP contribution in [0.2, 0.25) is 0 Å². The van der Waals surface area contributed by atoms with Crippen molar-refractivity contribution in [2.45, 2.75) is 25.3 Å². The highest BCUT2D eigenvalue weighted by Gasteiger charge is 2.26. The molecule has 0 bridgehead atoms. The second-order valence-corrected chi connectivity index (χ2v) is 4.68. The molecule has 1 aliphatic carbocycles. The summed E-state index contributed by atoms with van der Waals surface area (Å²) < 4.78 is 0. The third-order valence-corrected chi connectivity index (χ3v) is 3.29. The maximum atomic E-state index is 5.61. The average molecular weight is 228 g/mol. The fourth-order valence-corrected chi connectivity index (χ4v) is 2.10. The Morgan fingerprint density at radius 3 is 2.76 bits per heavy atom. The van der Waals surface area contributed by atoms with E-state index in [1.807, 2.05) is 30.5 Å². The molecule has 0 saturated heterocycles. The summed E-state index contributed by atoms with van der Waals surface area (Å²) in [5.41, 5.74) is 5.66. The Kier molecular flexibility index (Phi) is 2.74. The van der Waals surface area contributed by atoms with Gasteiger partial charge in [0.05, 0.1) is 29.0 Å². The van der Waals surface area contributed by atoms with Gasteiger partial charge in [0.2, 0.25) is 0 Å². The van der Waals surface area contributed by atoms with Crippen molar-refractivity contribution in [3.8, 4) is 0 Å². The fourth-order valence-electron chi connectivity index (χ4n) is 2.10. The molecule has 1 aromatic carbocycles. The lowest BCUT2D eigenvalue weighted by atomic mass is 10.1. The number of benzene rings is 1. The molecule has 1 saturated carbocycles. The number of hydrogen-bond acceptors (Lipinski definition) is 4. The van der Waals surface area contributed by atoms with Crippen LogP contribution in [0.3, 0.4) is 0 Å². The Hall–Kier alpha value is -1.52. The van der Waals surface area contributed by atoms with Gasteiger partial charge in [-0.3, -0.25) is 16.3 Å². The lowest BCUT2D eigenvalue weighted by Gasteiger charge is -2.14. The van der Waals surface area contributed by atoms with Crippen LogP contribution in [-0.4, -0.2) is 9.97 Å². The van der Waals surface area contributed by atoms with Gasteiger partial charge in [0.25, 0.3) is 0 Å². The van der Waals surface area contributed by atoms with Gasteiger partial charge in [0, 0.05) is 0 Å². The number of aromatic nitrogens is 2. The minimum Gasteiger partial charge on any atom is -0.271 e. The third-order valence-electron chi connectivity index (χ3n) is 3.29. The Morgan fingerprint density at radius 1 is 1.29 bits per heavy atom. The zero-order valence-corrected chi connectivity index (χ0v) is 9.63. The topological polar surface area (TPSA) is 63.8 Å². The maximum Gasteiger partial charge on any atom is 0.0890 e. The largest absolute Gasteiger partial charge is 0.271 e. The summed E-state index contributed by atoms with van der Waals surface area (Å²) >= 11 is 0. The summed E-state index contributed by atoms with van der Waals surface area (Å²) in [6, 6.07) is 8.03. The number of fused-ring (bicyclic) bond motifs is 1. The van der Waals surface area contributed by atoms with Crippen LogP contribution in [0.5, 0.6) is 0 Å². The van der Waals surface area contributed by atoms with E-state index < -0.39 is 0 Å². The number of hydrogen-bond donors (Lipinski definition) is 2. The van der Waals surface area contributed by atoms with E-state index in [1.165, 1.54) is 12.8 Å². The summed E-state index contributed by atoms with van der Waals surface area (Å²) in [6.07, 6.45) is 5.52. The molecule has 17 heavy (non-hydrogen) atoms. The highest BCUT2D eigenvalue weighted by Crippen LogP contribution is 2.37. The van der Waals surface area contributed by atoms with Crippen molar-refractivity contribution >= 4 is 11.0 Å². The standard InChI is InChI=1S/C13H16N4/c14-17-12(7-9-5-6-9)13-8-15-10-3-1-2-4-11(10)16-13/h1-4,8-9,12,17H,5-7,14H2. The number of para-hydroxylation sites is 2. The molecule has 1 aliphatic rings. The first-order valence-corrected chi connectivity index (χ1v) is 6.04. The SMILES string of the molecule is NNC(CC1CC1)c1cnc2ccccc2n1. The number of nitrogens with zero attached hydrogens (tertiary/aromatic N) is 2. The maximum absolute atomic E-state index is 5.61. The molecular weight excluding hydrogens is 212 g/mol. The predicted octanol–water partition coefficient (Wildman–Crippen LogP) is 1.93. The molecule has 88 valence electrons. The van der Waals surface area contributed by atoms with E-state index >= 15 is 0 Å². The molecule has 1 aromatic heterocycles. The van der Waals surface area contributed by atoms with E-state index in [4.69, 9.17) is 5.84 Å². The van der Waals surface area contributed by atoms with Crippen molar-refractivity contribution in [1.29, 1.82) is 0 Å². The predicted molar refractivity (Wildman–Crippen MR) is 66.9 cm³/mol. The molecular formula is C13H16N4. The molecule has 3 rings (SSSR count). The zero-order valence-electron chi connectivity index (χ0n) is 9.63. The minimum atomic E-state index is 0.125. The Morgan fingerprint density at radius 2 is 2.06 bits per heavy atom. The molecule has 3 N–H and O–H groups in total. The Balaban J connectivity index is 1.92. The summed E-state index contributed by atoms with van der Waals surface area (Å²) in [5, 5.41) is 0. The van der Waals surface area contributed by atoms with Gasteiger partial charge in [-0.1, -0.05) is 25.0 Å². The molecule has 1 atom stereocenters. The van der Waals surface area contributed by atoms with Gasteiger partial charge in [0.15, 0.2) is 0 Å². The molecule has 0 spiro atoms. The van der Waals surface area contributed by atoms with Crippen molar-refractivity contribution in [1.82, 2.24) is 15.4 Å². The van der Waals surface area contributed by atoms with Crippen molar-refractivity contribution in [2.24, 2.45) is 11.8 Å². The van der Waals surface area contributed by atoms with Crippen LogP contribution in [0.4, 0.5) is 0 Å². The molecule has 0 radical (unpaired) electrons. The van der Waals surface area contributed by atoms with E-state index in [9.17, 15) is 0 Å². The van der Waals surface area contributed by atoms with E-state index in [2.05, 4.69) is 15.4 Å². The number of nitrogens with two attached hydrogens (primary N) is 1. The smallest absolute Gasteiger partial charge is 0.0890 e. The van der Waals surface area contributed by atoms with E-state index in [0.717, 1.165) is 29.1 Å². The summed E-state index contributed by atoms with van der Waals surface area (Å²) in [4.78, 5) is 9.04. The monoisotopic (exact) mass is 228 g/mol. The fraction of sp³-hybridized carbons (Fsp3) is 0.385. The summed E-state index contributed by atoms with van der Waals surface area (Å²) in [7, 11) is 0. The first-order valence-electron chi connectivity index (χ1n) is 6.04. The van der Waals surface area contributed by atoms with Crippen molar-refractivity contribution in [3.63, 3.8) is 0 Å². The third kappa shape index (κ3) is 2.28. The molecule has 2 aromatic rings. The van der Waals surface area contributed by atoms with Crippen LogP contribution in [0.25, 0.3) is 11.0 Å². The van der Waals surface area contributed by atoms with Crippen LogP contribution in [0.15, 0.2) is 30.5 Å². The Bertz CT molecular complexity index is 522. The lowest BCUT2D eigenvalue weighted by molar-refractivity contribution is 0.477. The average Bonchev–Trinajstić information content (AvgIpc) is 3.19. The first-order chi connectivity index (χ1) is 8.36. The first kappa shape index (κ1) is 10.6. The highest BCUT2D eigenvalue weighted by molar-refractivity contribution is 5.73.